The standard InChI is InChI=1S/C20H22O.C8H8O/c1-4-17-10-12-19(13-11-17)16-20(2,3)21-15-14-18-8-6-5-7-9-18;1-2-7-3-5-8(9)6-4-7/h4-15H,1,16H2,2-3H3;2-6,9H,1H2. The van der Waals surface area contributed by atoms with Crippen molar-refractivity contribution >= 4 is 18.2 Å². The smallest absolute Gasteiger partial charge is 0.115 e. The van der Waals surface area contributed by atoms with E-state index in [1.54, 1.807) is 24.5 Å². The maximum absolute atomic E-state index is 8.82. The zero-order valence-electron chi connectivity index (χ0n) is 17.8. The van der Waals surface area contributed by atoms with Gasteiger partial charge in [0.15, 0.2) is 0 Å². The molecule has 3 aromatic rings. The second kappa shape index (κ2) is 11.5. The second-order valence-corrected chi connectivity index (χ2v) is 7.51. The van der Waals surface area contributed by atoms with Crippen molar-refractivity contribution in [3.05, 3.63) is 121 Å². The van der Waals surface area contributed by atoms with Gasteiger partial charge in [0.1, 0.15) is 11.4 Å². The summed E-state index contributed by atoms with van der Waals surface area (Å²) < 4.78 is 5.89. The molecule has 0 heterocycles. The van der Waals surface area contributed by atoms with E-state index in [2.05, 4.69) is 63.4 Å². The molecule has 3 aromatic carbocycles. The number of benzene rings is 3. The Kier molecular flexibility index (Phi) is 8.71. The van der Waals surface area contributed by atoms with Gasteiger partial charge in [-0.05, 0) is 54.3 Å². The molecule has 0 amide bonds. The number of ether oxygens (including phenoxy) is 1. The zero-order chi connectivity index (χ0) is 21.8. The topological polar surface area (TPSA) is 29.5 Å². The molecule has 0 radical (unpaired) electrons. The van der Waals surface area contributed by atoms with Crippen LogP contribution in [0.4, 0.5) is 0 Å². The Labute approximate surface area is 180 Å². The highest BCUT2D eigenvalue weighted by molar-refractivity contribution is 5.49. The maximum atomic E-state index is 8.82. The van der Waals surface area contributed by atoms with Gasteiger partial charge in [-0.3, -0.25) is 0 Å². The lowest BCUT2D eigenvalue weighted by atomic mass is 9.97. The molecule has 0 bridgehead atoms. The van der Waals surface area contributed by atoms with Crippen LogP contribution < -0.4 is 0 Å². The summed E-state index contributed by atoms with van der Waals surface area (Å²) in [6, 6.07) is 25.5. The highest BCUT2D eigenvalue weighted by Crippen LogP contribution is 2.19. The number of hydrogen-bond acceptors (Lipinski definition) is 2. The van der Waals surface area contributed by atoms with Gasteiger partial charge < -0.3 is 9.84 Å². The number of rotatable bonds is 7. The zero-order valence-corrected chi connectivity index (χ0v) is 17.8. The number of phenols is 1. The molecule has 0 aliphatic heterocycles. The van der Waals surface area contributed by atoms with Crippen LogP contribution in [0.25, 0.3) is 18.2 Å². The van der Waals surface area contributed by atoms with Crippen molar-refractivity contribution in [1.29, 1.82) is 0 Å². The largest absolute Gasteiger partial charge is 0.508 e. The van der Waals surface area contributed by atoms with Crippen LogP contribution in [-0.4, -0.2) is 10.7 Å². The van der Waals surface area contributed by atoms with Crippen molar-refractivity contribution in [2.75, 3.05) is 0 Å². The fraction of sp³-hybridized carbons (Fsp3) is 0.143. The minimum Gasteiger partial charge on any atom is -0.508 e. The fourth-order valence-electron chi connectivity index (χ4n) is 2.78. The molecule has 0 unspecified atom stereocenters. The van der Waals surface area contributed by atoms with Crippen LogP contribution in [0.15, 0.2) is 98.3 Å². The Bertz CT molecular complexity index is 934. The maximum Gasteiger partial charge on any atom is 0.115 e. The van der Waals surface area contributed by atoms with Crippen LogP contribution in [-0.2, 0) is 11.2 Å². The molecule has 1 N–H and O–H groups in total. The minimum atomic E-state index is -0.235. The number of phenolic OH excluding ortho intramolecular Hbond substituents is 1. The molecular formula is C28H30O2. The van der Waals surface area contributed by atoms with Gasteiger partial charge in [-0.25, -0.2) is 0 Å². The summed E-state index contributed by atoms with van der Waals surface area (Å²) in [6.07, 6.45) is 8.23. The molecule has 0 fully saturated rings. The van der Waals surface area contributed by atoms with Crippen LogP contribution in [0.5, 0.6) is 5.75 Å². The molecule has 0 atom stereocenters. The summed E-state index contributed by atoms with van der Waals surface area (Å²) >= 11 is 0. The van der Waals surface area contributed by atoms with E-state index in [0.717, 1.165) is 23.1 Å². The lowest BCUT2D eigenvalue weighted by Crippen LogP contribution is -2.24. The van der Waals surface area contributed by atoms with Gasteiger partial charge in [0.2, 0.25) is 0 Å². The Balaban J connectivity index is 0.000000297. The van der Waals surface area contributed by atoms with Gasteiger partial charge in [-0.15, -0.1) is 0 Å². The van der Waals surface area contributed by atoms with Crippen LogP contribution in [0, 0.1) is 0 Å². The third kappa shape index (κ3) is 8.24. The van der Waals surface area contributed by atoms with Crippen molar-refractivity contribution in [2.24, 2.45) is 0 Å². The third-order valence-corrected chi connectivity index (χ3v) is 4.42. The predicted molar refractivity (Wildman–Crippen MR) is 129 cm³/mol. The van der Waals surface area contributed by atoms with Gasteiger partial charge in [-0.2, -0.15) is 0 Å². The molecule has 0 saturated heterocycles. The van der Waals surface area contributed by atoms with Crippen molar-refractivity contribution < 1.29 is 9.84 Å². The Morgan fingerprint density at radius 3 is 1.83 bits per heavy atom. The summed E-state index contributed by atoms with van der Waals surface area (Å²) in [5.74, 6) is 0.292. The molecule has 3 rings (SSSR count). The molecule has 2 nitrogen and oxygen atoms in total. The monoisotopic (exact) mass is 398 g/mol. The summed E-state index contributed by atoms with van der Waals surface area (Å²) in [5, 5.41) is 8.82. The average molecular weight is 399 g/mol. The molecule has 0 aliphatic carbocycles. The van der Waals surface area contributed by atoms with Crippen LogP contribution >= 0.6 is 0 Å². The molecule has 30 heavy (non-hydrogen) atoms. The summed E-state index contributed by atoms with van der Waals surface area (Å²) in [4.78, 5) is 0. The van der Waals surface area contributed by atoms with E-state index in [-0.39, 0.29) is 5.60 Å². The van der Waals surface area contributed by atoms with Gasteiger partial charge in [0.25, 0.3) is 0 Å². The van der Waals surface area contributed by atoms with E-state index in [0.29, 0.717) is 5.75 Å². The highest BCUT2D eigenvalue weighted by atomic mass is 16.5. The Morgan fingerprint density at radius 1 is 0.767 bits per heavy atom. The molecular weight excluding hydrogens is 368 g/mol. The fourth-order valence-corrected chi connectivity index (χ4v) is 2.78. The quantitative estimate of drug-likeness (QED) is 0.421. The van der Waals surface area contributed by atoms with Crippen LogP contribution in [0.2, 0.25) is 0 Å². The van der Waals surface area contributed by atoms with Crippen molar-refractivity contribution in [2.45, 2.75) is 25.9 Å². The van der Waals surface area contributed by atoms with Gasteiger partial charge in [-0.1, -0.05) is 92.0 Å². The van der Waals surface area contributed by atoms with E-state index < -0.39 is 0 Å². The molecule has 0 spiro atoms. The first kappa shape index (κ1) is 22.8. The van der Waals surface area contributed by atoms with Gasteiger partial charge >= 0.3 is 0 Å². The SMILES string of the molecule is C=Cc1ccc(CC(C)(C)OC=Cc2ccccc2)cc1.C=Cc1ccc(O)cc1. The minimum absolute atomic E-state index is 0.235. The molecule has 0 saturated carbocycles. The molecule has 0 aliphatic rings. The van der Waals surface area contributed by atoms with Gasteiger partial charge in [0, 0.05) is 6.42 Å². The summed E-state index contributed by atoms with van der Waals surface area (Å²) in [7, 11) is 0. The lowest BCUT2D eigenvalue weighted by molar-refractivity contribution is 0.0598. The van der Waals surface area contributed by atoms with E-state index >= 15 is 0 Å². The number of hydrogen-bond donors (Lipinski definition) is 1. The lowest BCUT2D eigenvalue weighted by Gasteiger charge is -2.24. The second-order valence-electron chi connectivity index (χ2n) is 7.51. The van der Waals surface area contributed by atoms with E-state index in [9.17, 15) is 0 Å². The first-order valence-electron chi connectivity index (χ1n) is 9.94. The van der Waals surface area contributed by atoms with Crippen molar-refractivity contribution in [3.8, 4) is 5.75 Å². The number of aromatic hydroxyl groups is 1. The third-order valence-electron chi connectivity index (χ3n) is 4.42. The first-order chi connectivity index (χ1) is 14.4. The summed E-state index contributed by atoms with van der Waals surface area (Å²) in [6.45, 7) is 11.6. The normalized spacial score (nSPS) is 10.7. The predicted octanol–water partition coefficient (Wildman–Crippen LogP) is 7.37. The van der Waals surface area contributed by atoms with Crippen molar-refractivity contribution in [1.82, 2.24) is 0 Å². The van der Waals surface area contributed by atoms with Crippen molar-refractivity contribution in [3.63, 3.8) is 0 Å². The molecule has 154 valence electrons. The van der Waals surface area contributed by atoms with Crippen LogP contribution in [0.1, 0.15) is 36.1 Å². The van der Waals surface area contributed by atoms with Gasteiger partial charge in [0.05, 0.1) is 6.26 Å². The first-order valence-corrected chi connectivity index (χ1v) is 9.94. The Hall–Kier alpha value is -3.52. The average Bonchev–Trinajstić information content (AvgIpc) is 2.76. The summed E-state index contributed by atoms with van der Waals surface area (Å²) in [5.41, 5.74) is 4.33. The molecule has 0 aromatic heterocycles. The Morgan fingerprint density at radius 2 is 1.30 bits per heavy atom. The molecule has 2 heteroatoms. The van der Waals surface area contributed by atoms with Crippen LogP contribution in [0.3, 0.4) is 0 Å². The van der Waals surface area contributed by atoms with E-state index in [1.165, 1.54) is 5.56 Å². The van der Waals surface area contributed by atoms with E-state index in [1.807, 2.05) is 42.5 Å². The highest BCUT2D eigenvalue weighted by Gasteiger charge is 2.18. The van der Waals surface area contributed by atoms with E-state index in [4.69, 9.17) is 9.84 Å².